The molecule has 0 aliphatic heterocycles. The minimum atomic E-state index is 0.441. The molecule has 2 rings (SSSR count). The number of hydrogen-bond donors (Lipinski definition) is 2. The average molecular weight is 289 g/mol. The molecule has 0 bridgehead atoms. The fourth-order valence-corrected chi connectivity index (χ4v) is 2.01. The van der Waals surface area contributed by atoms with Gasteiger partial charge in [-0.25, -0.2) is 0 Å². The Labute approximate surface area is 122 Å². The van der Waals surface area contributed by atoms with Crippen LogP contribution >= 0.6 is 23.8 Å². The third-order valence-corrected chi connectivity index (χ3v) is 2.99. The number of anilines is 1. The molecule has 2 nitrogen and oxygen atoms in total. The molecule has 0 amide bonds. The van der Waals surface area contributed by atoms with Crippen molar-refractivity contribution in [3.05, 3.63) is 64.7 Å². The molecular weight excluding hydrogens is 276 g/mol. The van der Waals surface area contributed by atoms with Gasteiger partial charge in [0.1, 0.15) is 0 Å². The molecule has 0 heterocycles. The van der Waals surface area contributed by atoms with Gasteiger partial charge in [-0.3, -0.25) is 5.41 Å². The van der Waals surface area contributed by atoms with E-state index in [0.29, 0.717) is 15.7 Å². The molecule has 0 saturated carbocycles. The fraction of sp³-hybridized carbons (Fsp3) is 0.0667. The highest BCUT2D eigenvalue weighted by molar-refractivity contribution is 7.80. The van der Waals surface area contributed by atoms with Crippen LogP contribution in [-0.2, 0) is 0 Å². The number of hydrogen-bond acceptors (Lipinski definition) is 2. The Bertz CT molecular complexity index is 620. The van der Waals surface area contributed by atoms with Crippen molar-refractivity contribution in [2.24, 2.45) is 0 Å². The molecule has 0 aromatic heterocycles. The van der Waals surface area contributed by atoms with E-state index in [4.69, 9.17) is 29.2 Å². The maximum absolute atomic E-state index is 8.30. The van der Waals surface area contributed by atoms with Crippen LogP contribution in [0.3, 0.4) is 0 Å². The highest BCUT2D eigenvalue weighted by atomic mass is 35.5. The lowest BCUT2D eigenvalue weighted by atomic mass is 10.0. The SMILES string of the molecule is CC(=S)Nc1ccccc1C(=N)c1ccc(Cl)cc1. The van der Waals surface area contributed by atoms with E-state index < -0.39 is 0 Å². The molecule has 0 atom stereocenters. The zero-order valence-electron chi connectivity index (χ0n) is 10.4. The summed E-state index contributed by atoms with van der Waals surface area (Å²) in [5, 5.41) is 12.1. The number of halogens is 1. The normalized spacial score (nSPS) is 10.0. The van der Waals surface area contributed by atoms with Gasteiger partial charge in [-0.2, -0.15) is 0 Å². The van der Waals surface area contributed by atoms with Gasteiger partial charge in [0.25, 0.3) is 0 Å². The lowest BCUT2D eigenvalue weighted by Gasteiger charge is -2.12. The highest BCUT2D eigenvalue weighted by Gasteiger charge is 2.09. The molecule has 0 aliphatic carbocycles. The second-order valence-corrected chi connectivity index (χ2v) is 5.16. The molecule has 0 radical (unpaired) electrons. The van der Waals surface area contributed by atoms with Crippen molar-refractivity contribution in [3.63, 3.8) is 0 Å². The van der Waals surface area contributed by atoms with Crippen LogP contribution < -0.4 is 5.32 Å². The molecule has 0 fully saturated rings. The van der Waals surface area contributed by atoms with Gasteiger partial charge < -0.3 is 5.32 Å². The first kappa shape index (κ1) is 13.7. The van der Waals surface area contributed by atoms with Crippen LogP contribution in [0.4, 0.5) is 5.69 Å². The zero-order chi connectivity index (χ0) is 13.8. The Morgan fingerprint density at radius 1 is 1.11 bits per heavy atom. The number of para-hydroxylation sites is 1. The van der Waals surface area contributed by atoms with Crippen LogP contribution in [0.2, 0.25) is 5.02 Å². The summed E-state index contributed by atoms with van der Waals surface area (Å²) in [7, 11) is 0. The molecule has 0 spiro atoms. The Kier molecular flexibility index (Phi) is 4.30. The van der Waals surface area contributed by atoms with Gasteiger partial charge in [0.2, 0.25) is 0 Å². The second-order valence-electron chi connectivity index (χ2n) is 4.11. The predicted octanol–water partition coefficient (Wildman–Crippen LogP) is 4.52. The first-order valence-electron chi connectivity index (χ1n) is 5.79. The summed E-state index contributed by atoms with van der Waals surface area (Å²) >= 11 is 10.9. The summed E-state index contributed by atoms with van der Waals surface area (Å²) in [4.78, 5) is 0.677. The Morgan fingerprint density at radius 2 is 1.74 bits per heavy atom. The molecule has 0 unspecified atom stereocenters. The molecule has 0 saturated heterocycles. The van der Waals surface area contributed by atoms with Crippen LogP contribution in [0.1, 0.15) is 18.1 Å². The van der Waals surface area contributed by atoms with Gasteiger partial charge >= 0.3 is 0 Å². The Hall–Kier alpha value is -1.71. The number of thiocarbonyl (C=S) groups is 1. The van der Waals surface area contributed by atoms with Crippen molar-refractivity contribution >= 4 is 40.2 Å². The molecule has 19 heavy (non-hydrogen) atoms. The maximum Gasteiger partial charge on any atom is 0.0765 e. The molecule has 2 N–H and O–H groups in total. The van der Waals surface area contributed by atoms with Crippen molar-refractivity contribution in [2.45, 2.75) is 6.92 Å². The van der Waals surface area contributed by atoms with Crippen molar-refractivity contribution in [2.75, 3.05) is 5.32 Å². The minimum absolute atomic E-state index is 0.441. The van der Waals surface area contributed by atoms with E-state index in [-0.39, 0.29) is 0 Å². The van der Waals surface area contributed by atoms with E-state index >= 15 is 0 Å². The van der Waals surface area contributed by atoms with Crippen LogP contribution in [-0.4, -0.2) is 10.7 Å². The van der Waals surface area contributed by atoms with Crippen LogP contribution in [0, 0.1) is 5.41 Å². The predicted molar refractivity (Wildman–Crippen MR) is 85.7 cm³/mol. The van der Waals surface area contributed by atoms with Crippen molar-refractivity contribution in [1.29, 1.82) is 5.41 Å². The van der Waals surface area contributed by atoms with E-state index in [0.717, 1.165) is 16.8 Å². The quantitative estimate of drug-likeness (QED) is 0.644. The highest BCUT2D eigenvalue weighted by Crippen LogP contribution is 2.20. The van der Waals surface area contributed by atoms with Gasteiger partial charge in [-0.05, 0) is 25.1 Å². The zero-order valence-corrected chi connectivity index (χ0v) is 12.0. The molecule has 2 aromatic carbocycles. The molecule has 4 heteroatoms. The van der Waals surface area contributed by atoms with Crippen molar-refractivity contribution in [3.8, 4) is 0 Å². The first-order valence-corrected chi connectivity index (χ1v) is 6.58. The van der Waals surface area contributed by atoms with Gasteiger partial charge in [-0.15, -0.1) is 0 Å². The fourth-order valence-electron chi connectivity index (χ4n) is 1.77. The molecule has 2 aromatic rings. The smallest absolute Gasteiger partial charge is 0.0765 e. The van der Waals surface area contributed by atoms with E-state index in [2.05, 4.69) is 5.32 Å². The van der Waals surface area contributed by atoms with Gasteiger partial charge in [0.05, 0.1) is 10.7 Å². The lowest BCUT2D eigenvalue weighted by molar-refractivity contribution is 1.45. The summed E-state index contributed by atoms with van der Waals surface area (Å²) in [6, 6.07) is 14.9. The third-order valence-electron chi connectivity index (χ3n) is 2.64. The second kappa shape index (κ2) is 5.95. The number of nitrogens with one attached hydrogen (secondary N) is 2. The van der Waals surface area contributed by atoms with Crippen molar-refractivity contribution < 1.29 is 0 Å². The largest absolute Gasteiger partial charge is 0.350 e. The average Bonchev–Trinajstić information content (AvgIpc) is 2.39. The third kappa shape index (κ3) is 3.40. The van der Waals surface area contributed by atoms with Gasteiger partial charge in [0.15, 0.2) is 0 Å². The van der Waals surface area contributed by atoms with Crippen LogP contribution in [0.15, 0.2) is 48.5 Å². The van der Waals surface area contributed by atoms with E-state index in [1.165, 1.54) is 0 Å². The Balaban J connectivity index is 2.38. The summed E-state index contributed by atoms with van der Waals surface area (Å²) in [5.41, 5.74) is 2.92. The summed E-state index contributed by atoms with van der Waals surface area (Å²) in [6.45, 7) is 1.82. The van der Waals surface area contributed by atoms with Gasteiger partial charge in [-0.1, -0.05) is 54.2 Å². The maximum atomic E-state index is 8.30. The van der Waals surface area contributed by atoms with Crippen molar-refractivity contribution in [1.82, 2.24) is 0 Å². The topological polar surface area (TPSA) is 35.9 Å². The first-order chi connectivity index (χ1) is 9.08. The lowest BCUT2D eigenvalue weighted by Crippen LogP contribution is -2.10. The number of benzene rings is 2. The van der Waals surface area contributed by atoms with Crippen LogP contribution in [0.25, 0.3) is 0 Å². The summed E-state index contributed by atoms with van der Waals surface area (Å²) in [6.07, 6.45) is 0. The number of rotatable bonds is 3. The van der Waals surface area contributed by atoms with Gasteiger partial charge in [0, 0.05) is 21.8 Å². The molecule has 0 aliphatic rings. The minimum Gasteiger partial charge on any atom is -0.350 e. The Morgan fingerprint density at radius 3 is 2.37 bits per heavy atom. The standard InChI is InChI=1S/C15H13ClN2S/c1-10(19)18-14-5-3-2-4-13(14)15(17)11-6-8-12(16)9-7-11/h2-9,17H,1H3,(H,18,19). The molecule has 96 valence electrons. The monoisotopic (exact) mass is 288 g/mol. The summed E-state index contributed by atoms with van der Waals surface area (Å²) in [5.74, 6) is 0. The van der Waals surface area contributed by atoms with E-state index in [9.17, 15) is 0 Å². The van der Waals surface area contributed by atoms with Crippen LogP contribution in [0.5, 0.6) is 0 Å². The molecular formula is C15H13ClN2S. The van der Waals surface area contributed by atoms with E-state index in [1.807, 2.05) is 43.3 Å². The summed E-state index contributed by atoms with van der Waals surface area (Å²) < 4.78 is 0. The van der Waals surface area contributed by atoms with E-state index in [1.54, 1.807) is 12.1 Å².